The summed E-state index contributed by atoms with van der Waals surface area (Å²) in [6.07, 6.45) is -4.54. The lowest BCUT2D eigenvalue weighted by atomic mass is 9.85. The molecule has 0 atom stereocenters. The molecular weight excluding hydrogens is 538 g/mol. The van der Waals surface area contributed by atoms with Gasteiger partial charge in [0, 0.05) is 6.42 Å². The summed E-state index contributed by atoms with van der Waals surface area (Å²) in [6, 6.07) is 3.96. The predicted octanol–water partition coefficient (Wildman–Crippen LogP) is 5.95. The maximum absolute atomic E-state index is 13.3. The molecule has 0 aliphatic heterocycles. The molecule has 0 aliphatic carbocycles. The lowest BCUT2D eigenvalue weighted by molar-refractivity contribution is -0.211. The van der Waals surface area contributed by atoms with Crippen LogP contribution in [0.3, 0.4) is 0 Å². The summed E-state index contributed by atoms with van der Waals surface area (Å²) < 4.78 is 77.3. The van der Waals surface area contributed by atoms with Crippen molar-refractivity contribution in [1.29, 1.82) is 0 Å². The largest absolute Gasteiger partial charge is 0.461 e. The number of imidazole rings is 1. The third-order valence-corrected chi connectivity index (χ3v) is 5.56. The van der Waals surface area contributed by atoms with Gasteiger partial charge in [-0.1, -0.05) is 26.8 Å². The number of hydrogen-bond donors (Lipinski definition) is 0. The lowest BCUT2D eigenvalue weighted by Gasteiger charge is -2.28. The van der Waals surface area contributed by atoms with Crippen molar-refractivity contribution in [2.75, 3.05) is 6.61 Å². The third kappa shape index (κ3) is 5.66. The van der Waals surface area contributed by atoms with Gasteiger partial charge in [-0.05, 0) is 53.6 Å². The average molecular weight is 560 g/mol. The summed E-state index contributed by atoms with van der Waals surface area (Å²) in [4.78, 5) is 16.4. The number of aromatic nitrogens is 2. The Hall–Kier alpha value is -1.92. The highest BCUT2D eigenvalue weighted by Gasteiger charge is 2.47. The molecule has 2 rings (SSSR count). The second-order valence-corrected chi connectivity index (χ2v) is 8.34. The van der Waals surface area contributed by atoms with Gasteiger partial charge in [0.1, 0.15) is 15.3 Å². The number of hydrogen-bond acceptors (Lipinski definition) is 4. The van der Waals surface area contributed by atoms with Crippen LogP contribution in [0.1, 0.15) is 49.6 Å². The van der Waals surface area contributed by atoms with E-state index in [1.165, 1.54) is 16.7 Å². The van der Waals surface area contributed by atoms with Gasteiger partial charge in [0.15, 0.2) is 5.69 Å². The first-order valence-electron chi connectivity index (χ1n) is 9.41. The molecule has 0 bridgehead atoms. The fourth-order valence-corrected chi connectivity index (χ4v) is 3.79. The zero-order valence-electron chi connectivity index (χ0n) is 17.3. The first-order chi connectivity index (χ1) is 14.3. The standard InChI is InChI=1S/C20H22F5IN2O3/c1-5-14-27-15(17(29)30-6-2)16(26)28(14)12-8-7-11(9-13(12)31-18(21)22)10-19(3,4)20(23,24)25/h7-9,18H,5-6,10H2,1-4H3. The Bertz CT molecular complexity index is 942. The predicted molar refractivity (Wildman–Crippen MR) is 112 cm³/mol. The van der Waals surface area contributed by atoms with Crippen molar-refractivity contribution < 1.29 is 36.2 Å². The molecule has 0 N–H and O–H groups in total. The van der Waals surface area contributed by atoms with Gasteiger partial charge in [-0.2, -0.15) is 22.0 Å². The summed E-state index contributed by atoms with van der Waals surface area (Å²) in [7, 11) is 0. The fourth-order valence-electron chi connectivity index (χ4n) is 2.91. The number of aryl methyl sites for hydroxylation is 1. The van der Waals surface area contributed by atoms with E-state index in [9.17, 15) is 26.7 Å². The van der Waals surface area contributed by atoms with E-state index in [1.54, 1.807) is 13.8 Å². The summed E-state index contributed by atoms with van der Waals surface area (Å²) >= 11 is 1.84. The van der Waals surface area contributed by atoms with E-state index in [4.69, 9.17) is 4.74 Å². The maximum atomic E-state index is 13.3. The normalized spacial score (nSPS) is 12.4. The Morgan fingerprint density at radius 1 is 1.23 bits per heavy atom. The van der Waals surface area contributed by atoms with Gasteiger partial charge in [0.2, 0.25) is 0 Å². The van der Waals surface area contributed by atoms with Crippen molar-refractivity contribution in [2.45, 2.75) is 53.3 Å². The van der Waals surface area contributed by atoms with E-state index in [-0.39, 0.29) is 29.3 Å². The number of halogens is 6. The number of alkyl halides is 5. The number of nitrogens with zero attached hydrogens (tertiary/aromatic N) is 2. The van der Waals surface area contributed by atoms with Crippen LogP contribution in [-0.4, -0.2) is 34.9 Å². The van der Waals surface area contributed by atoms with E-state index in [0.717, 1.165) is 19.9 Å². The molecular formula is C20H22F5IN2O3. The quantitative estimate of drug-likeness (QED) is 0.228. The van der Waals surface area contributed by atoms with Crippen molar-refractivity contribution in [3.63, 3.8) is 0 Å². The Kier molecular flexibility index (Phi) is 7.93. The van der Waals surface area contributed by atoms with Crippen LogP contribution < -0.4 is 4.74 Å². The highest BCUT2D eigenvalue weighted by molar-refractivity contribution is 14.1. The van der Waals surface area contributed by atoms with E-state index in [0.29, 0.717) is 15.9 Å². The average Bonchev–Trinajstić information content (AvgIpc) is 2.97. The summed E-state index contributed by atoms with van der Waals surface area (Å²) in [5, 5.41) is 0. The third-order valence-electron chi connectivity index (χ3n) is 4.57. The molecule has 1 aromatic carbocycles. The second kappa shape index (κ2) is 9.70. The molecule has 0 saturated heterocycles. The monoisotopic (exact) mass is 560 g/mol. The first-order valence-corrected chi connectivity index (χ1v) is 10.5. The topological polar surface area (TPSA) is 53.3 Å². The Balaban J connectivity index is 2.60. The van der Waals surface area contributed by atoms with Crippen molar-refractivity contribution in [3.05, 3.63) is 39.0 Å². The number of rotatable bonds is 8. The molecule has 0 saturated carbocycles. The van der Waals surface area contributed by atoms with Crippen molar-refractivity contribution >= 4 is 28.6 Å². The molecule has 31 heavy (non-hydrogen) atoms. The number of carbonyl (C=O) groups is 1. The lowest BCUT2D eigenvalue weighted by Crippen LogP contribution is -2.34. The molecule has 0 fully saturated rings. The van der Waals surface area contributed by atoms with E-state index in [1.807, 2.05) is 22.6 Å². The van der Waals surface area contributed by atoms with Gasteiger partial charge in [0.25, 0.3) is 0 Å². The van der Waals surface area contributed by atoms with Gasteiger partial charge in [-0.15, -0.1) is 0 Å². The zero-order chi connectivity index (χ0) is 23.6. The highest BCUT2D eigenvalue weighted by Crippen LogP contribution is 2.41. The van der Waals surface area contributed by atoms with Gasteiger partial charge in [-0.3, -0.25) is 4.57 Å². The van der Waals surface area contributed by atoms with Crippen molar-refractivity contribution in [3.8, 4) is 11.4 Å². The molecule has 1 aromatic heterocycles. The molecule has 0 spiro atoms. The number of carbonyl (C=O) groups excluding carboxylic acids is 1. The SMILES string of the molecule is CCOC(=O)c1nc(CC)n(-c2ccc(CC(C)(C)C(F)(F)F)cc2OC(F)F)c1I. The Labute approximate surface area is 190 Å². The van der Waals surface area contributed by atoms with Gasteiger partial charge >= 0.3 is 18.8 Å². The molecule has 1 heterocycles. The van der Waals surface area contributed by atoms with Crippen LogP contribution in [0, 0.1) is 9.12 Å². The minimum atomic E-state index is -4.47. The molecule has 172 valence electrons. The number of ether oxygens (including phenoxy) is 2. The van der Waals surface area contributed by atoms with Crippen LogP contribution in [0.4, 0.5) is 22.0 Å². The fraction of sp³-hybridized carbons (Fsp3) is 0.500. The molecule has 0 radical (unpaired) electrons. The molecule has 2 aromatic rings. The molecule has 0 amide bonds. The van der Waals surface area contributed by atoms with Crippen LogP contribution in [0.2, 0.25) is 0 Å². The molecule has 0 aliphatic rings. The van der Waals surface area contributed by atoms with Crippen LogP contribution in [0.15, 0.2) is 18.2 Å². The van der Waals surface area contributed by atoms with Crippen molar-refractivity contribution in [1.82, 2.24) is 9.55 Å². The van der Waals surface area contributed by atoms with Crippen LogP contribution >= 0.6 is 22.6 Å². The highest BCUT2D eigenvalue weighted by atomic mass is 127. The van der Waals surface area contributed by atoms with Crippen LogP contribution in [0.25, 0.3) is 5.69 Å². The molecule has 0 unspecified atom stereocenters. The first kappa shape index (κ1) is 25.3. The van der Waals surface area contributed by atoms with Crippen LogP contribution in [-0.2, 0) is 17.6 Å². The number of benzene rings is 1. The second-order valence-electron chi connectivity index (χ2n) is 7.32. The minimum Gasteiger partial charge on any atom is -0.461 e. The Morgan fingerprint density at radius 3 is 2.39 bits per heavy atom. The summed E-state index contributed by atoms with van der Waals surface area (Å²) in [6.45, 7) is 2.41. The summed E-state index contributed by atoms with van der Waals surface area (Å²) in [5.74, 6) is -0.596. The van der Waals surface area contributed by atoms with E-state index < -0.39 is 30.6 Å². The minimum absolute atomic E-state index is 0.0181. The molecule has 11 heteroatoms. The smallest absolute Gasteiger partial charge is 0.394 e. The van der Waals surface area contributed by atoms with Gasteiger partial charge < -0.3 is 9.47 Å². The van der Waals surface area contributed by atoms with Crippen LogP contribution in [0.5, 0.6) is 5.75 Å². The summed E-state index contributed by atoms with van der Waals surface area (Å²) in [5.41, 5.74) is -1.73. The van der Waals surface area contributed by atoms with E-state index >= 15 is 0 Å². The van der Waals surface area contributed by atoms with Gasteiger partial charge in [-0.25, -0.2) is 9.78 Å². The number of esters is 1. The van der Waals surface area contributed by atoms with E-state index in [2.05, 4.69) is 9.72 Å². The van der Waals surface area contributed by atoms with Gasteiger partial charge in [0.05, 0.1) is 17.7 Å². The maximum Gasteiger partial charge on any atom is 0.394 e. The van der Waals surface area contributed by atoms with Crippen molar-refractivity contribution in [2.24, 2.45) is 5.41 Å². The Morgan fingerprint density at radius 2 is 1.87 bits per heavy atom. The molecule has 5 nitrogen and oxygen atoms in total. The zero-order valence-corrected chi connectivity index (χ0v) is 19.5.